The van der Waals surface area contributed by atoms with Gasteiger partial charge in [0.1, 0.15) is 17.1 Å². The maximum absolute atomic E-state index is 13.8. The first-order chi connectivity index (χ1) is 9.38. The van der Waals surface area contributed by atoms with E-state index in [1.807, 2.05) is 0 Å². The number of hydrogen-bond donors (Lipinski definition) is 1. The van der Waals surface area contributed by atoms with Crippen molar-refractivity contribution < 1.29 is 13.9 Å². The van der Waals surface area contributed by atoms with Gasteiger partial charge in [0.15, 0.2) is 0 Å². The van der Waals surface area contributed by atoms with Crippen LogP contribution in [0.5, 0.6) is 5.75 Å². The van der Waals surface area contributed by atoms with Gasteiger partial charge in [-0.15, -0.1) is 0 Å². The first-order valence-corrected chi connectivity index (χ1v) is 6.99. The van der Waals surface area contributed by atoms with E-state index >= 15 is 0 Å². The summed E-state index contributed by atoms with van der Waals surface area (Å²) in [6.45, 7) is 9.04. The van der Waals surface area contributed by atoms with Crippen LogP contribution in [0.1, 0.15) is 38.1 Å². The van der Waals surface area contributed by atoms with Crippen LogP contribution < -0.4 is 10.1 Å². The number of benzene rings is 1. The van der Waals surface area contributed by atoms with E-state index in [9.17, 15) is 9.18 Å². The first-order valence-electron chi connectivity index (χ1n) is 6.99. The Bertz CT molecular complexity index is 450. The molecule has 1 amide bonds. The Morgan fingerprint density at radius 3 is 2.35 bits per heavy atom. The summed E-state index contributed by atoms with van der Waals surface area (Å²) in [5.41, 5.74) is -0.0266. The highest BCUT2D eigenvalue weighted by molar-refractivity contribution is 5.97. The summed E-state index contributed by atoms with van der Waals surface area (Å²) < 4.78 is 18.8. The monoisotopic (exact) mass is 281 g/mol. The Morgan fingerprint density at radius 1 is 1.25 bits per heavy atom. The van der Waals surface area contributed by atoms with Gasteiger partial charge in [0, 0.05) is 6.54 Å². The van der Waals surface area contributed by atoms with Gasteiger partial charge in [0.05, 0.1) is 7.11 Å². The van der Waals surface area contributed by atoms with E-state index in [0.29, 0.717) is 24.3 Å². The molecule has 1 aromatic carbocycles. The summed E-state index contributed by atoms with van der Waals surface area (Å²) >= 11 is 0. The number of ether oxygens (including phenoxy) is 1. The molecule has 112 valence electrons. The van der Waals surface area contributed by atoms with Gasteiger partial charge >= 0.3 is 0 Å². The fraction of sp³-hybridized carbons (Fsp3) is 0.562. The number of halogens is 1. The van der Waals surface area contributed by atoms with Crippen molar-refractivity contribution in [2.75, 3.05) is 13.7 Å². The van der Waals surface area contributed by atoms with Gasteiger partial charge in [0.2, 0.25) is 0 Å². The highest BCUT2D eigenvalue weighted by atomic mass is 19.1. The fourth-order valence-electron chi connectivity index (χ4n) is 2.43. The summed E-state index contributed by atoms with van der Waals surface area (Å²) in [6, 6.07) is 4.37. The molecule has 0 aromatic heterocycles. The van der Waals surface area contributed by atoms with Crippen molar-refractivity contribution in [2.24, 2.45) is 17.8 Å². The second-order valence-corrected chi connectivity index (χ2v) is 5.68. The number of rotatable bonds is 6. The normalized spacial score (nSPS) is 11.2. The van der Waals surface area contributed by atoms with Gasteiger partial charge in [-0.1, -0.05) is 33.8 Å². The second kappa shape index (κ2) is 7.27. The number of hydrogen-bond acceptors (Lipinski definition) is 2. The van der Waals surface area contributed by atoms with E-state index in [2.05, 4.69) is 33.0 Å². The van der Waals surface area contributed by atoms with Crippen molar-refractivity contribution in [2.45, 2.75) is 27.7 Å². The van der Waals surface area contributed by atoms with Crippen LogP contribution in [-0.2, 0) is 0 Å². The molecule has 0 spiro atoms. The molecule has 0 unspecified atom stereocenters. The molecule has 0 radical (unpaired) electrons. The van der Waals surface area contributed by atoms with E-state index in [4.69, 9.17) is 4.74 Å². The molecule has 0 saturated carbocycles. The van der Waals surface area contributed by atoms with E-state index in [1.165, 1.54) is 19.2 Å². The van der Waals surface area contributed by atoms with Crippen molar-refractivity contribution in [1.29, 1.82) is 0 Å². The smallest absolute Gasteiger partial charge is 0.258 e. The minimum atomic E-state index is -0.563. The van der Waals surface area contributed by atoms with Gasteiger partial charge in [-0.2, -0.15) is 0 Å². The van der Waals surface area contributed by atoms with Crippen molar-refractivity contribution >= 4 is 5.91 Å². The fourth-order valence-corrected chi connectivity index (χ4v) is 2.43. The minimum absolute atomic E-state index is 0.0266. The lowest BCUT2D eigenvalue weighted by Gasteiger charge is -2.25. The van der Waals surface area contributed by atoms with Crippen LogP contribution >= 0.6 is 0 Å². The highest BCUT2D eigenvalue weighted by Gasteiger charge is 2.21. The molecule has 0 aliphatic rings. The third kappa shape index (κ3) is 3.95. The van der Waals surface area contributed by atoms with Gasteiger partial charge in [-0.05, 0) is 29.9 Å². The maximum atomic E-state index is 13.8. The van der Waals surface area contributed by atoms with Crippen LogP contribution in [0.3, 0.4) is 0 Å². The lowest BCUT2D eigenvalue weighted by atomic mass is 9.85. The predicted octanol–water partition coefficient (Wildman–Crippen LogP) is 3.49. The lowest BCUT2D eigenvalue weighted by Crippen LogP contribution is -2.34. The SMILES string of the molecule is COc1cccc(F)c1C(=O)NCC(C(C)C)C(C)C. The van der Waals surface area contributed by atoms with Crippen LogP contribution in [0.15, 0.2) is 18.2 Å². The average molecular weight is 281 g/mol. The third-order valence-corrected chi connectivity index (χ3v) is 3.63. The van der Waals surface area contributed by atoms with Gasteiger partial charge in [-0.25, -0.2) is 4.39 Å². The van der Waals surface area contributed by atoms with Crippen LogP contribution in [0, 0.1) is 23.6 Å². The van der Waals surface area contributed by atoms with Crippen molar-refractivity contribution in [3.63, 3.8) is 0 Å². The van der Waals surface area contributed by atoms with E-state index in [0.717, 1.165) is 0 Å². The number of nitrogens with one attached hydrogen (secondary N) is 1. The summed E-state index contributed by atoms with van der Waals surface area (Å²) in [7, 11) is 1.43. The Hall–Kier alpha value is -1.58. The Morgan fingerprint density at radius 2 is 1.85 bits per heavy atom. The predicted molar refractivity (Wildman–Crippen MR) is 78.5 cm³/mol. The van der Waals surface area contributed by atoms with Crippen molar-refractivity contribution in [1.82, 2.24) is 5.32 Å². The number of carbonyl (C=O) groups is 1. The van der Waals surface area contributed by atoms with Gasteiger partial charge in [-0.3, -0.25) is 4.79 Å². The summed E-state index contributed by atoms with van der Waals surface area (Å²) in [5.74, 6) is 0.541. The third-order valence-electron chi connectivity index (χ3n) is 3.63. The molecule has 3 nitrogen and oxygen atoms in total. The van der Waals surface area contributed by atoms with E-state index in [1.54, 1.807) is 6.07 Å². The molecule has 0 atom stereocenters. The molecule has 1 aromatic rings. The first kappa shape index (κ1) is 16.5. The lowest BCUT2D eigenvalue weighted by molar-refractivity contribution is 0.0930. The largest absolute Gasteiger partial charge is 0.496 e. The molecule has 0 heterocycles. The Kier molecular flexibility index (Phi) is 5.99. The van der Waals surface area contributed by atoms with Crippen LogP contribution in [0.2, 0.25) is 0 Å². The quantitative estimate of drug-likeness (QED) is 0.866. The number of methoxy groups -OCH3 is 1. The van der Waals surface area contributed by atoms with Crippen LogP contribution in [0.4, 0.5) is 4.39 Å². The molecule has 0 fully saturated rings. The molecule has 4 heteroatoms. The Labute approximate surface area is 120 Å². The maximum Gasteiger partial charge on any atom is 0.258 e. The summed E-state index contributed by atoms with van der Waals surface area (Å²) in [6.07, 6.45) is 0. The summed E-state index contributed by atoms with van der Waals surface area (Å²) in [4.78, 5) is 12.2. The summed E-state index contributed by atoms with van der Waals surface area (Å²) in [5, 5.41) is 2.82. The van der Waals surface area contributed by atoms with Crippen molar-refractivity contribution in [3.05, 3.63) is 29.6 Å². The van der Waals surface area contributed by atoms with Gasteiger partial charge in [0.25, 0.3) is 5.91 Å². The Balaban J connectivity index is 2.82. The topological polar surface area (TPSA) is 38.3 Å². The van der Waals surface area contributed by atoms with Crippen LogP contribution in [0.25, 0.3) is 0 Å². The average Bonchev–Trinajstić information content (AvgIpc) is 2.37. The molecular formula is C16H24FNO2. The zero-order chi connectivity index (χ0) is 15.3. The molecule has 1 rings (SSSR count). The zero-order valence-electron chi connectivity index (χ0n) is 12.9. The molecule has 0 aliphatic carbocycles. The standard InChI is InChI=1S/C16H24FNO2/c1-10(2)12(11(3)4)9-18-16(19)15-13(17)7-6-8-14(15)20-5/h6-8,10-12H,9H2,1-5H3,(H,18,19). The molecular weight excluding hydrogens is 257 g/mol. The number of amides is 1. The second-order valence-electron chi connectivity index (χ2n) is 5.68. The molecule has 0 saturated heterocycles. The molecule has 0 aliphatic heterocycles. The zero-order valence-corrected chi connectivity index (χ0v) is 12.9. The molecule has 1 N–H and O–H groups in total. The van der Waals surface area contributed by atoms with Gasteiger partial charge < -0.3 is 10.1 Å². The van der Waals surface area contributed by atoms with E-state index < -0.39 is 11.7 Å². The van der Waals surface area contributed by atoms with E-state index in [-0.39, 0.29) is 11.3 Å². The number of carbonyl (C=O) groups excluding carboxylic acids is 1. The molecule has 20 heavy (non-hydrogen) atoms. The highest BCUT2D eigenvalue weighted by Crippen LogP contribution is 2.22. The minimum Gasteiger partial charge on any atom is -0.496 e. The van der Waals surface area contributed by atoms with Crippen molar-refractivity contribution in [3.8, 4) is 5.75 Å². The van der Waals surface area contributed by atoms with Crippen LogP contribution in [-0.4, -0.2) is 19.6 Å². The molecule has 0 bridgehead atoms.